The Morgan fingerprint density at radius 3 is 3.16 bits per heavy atom. The van der Waals surface area contributed by atoms with Gasteiger partial charge in [0.25, 0.3) is 5.91 Å². The zero-order valence-electron chi connectivity index (χ0n) is 10.4. The maximum atomic E-state index is 11.5. The van der Waals surface area contributed by atoms with E-state index < -0.39 is 0 Å². The lowest BCUT2D eigenvalue weighted by Crippen LogP contribution is -2.36. The molecule has 3 N–H and O–H groups in total. The van der Waals surface area contributed by atoms with Gasteiger partial charge in [0.1, 0.15) is 12.0 Å². The fourth-order valence-corrected chi connectivity index (χ4v) is 1.83. The Hall–Kier alpha value is -2.55. The van der Waals surface area contributed by atoms with Gasteiger partial charge in [-0.15, -0.1) is 9.90 Å². The molecule has 1 aromatic heterocycles. The maximum absolute atomic E-state index is 11.5. The van der Waals surface area contributed by atoms with Crippen molar-refractivity contribution in [1.82, 2.24) is 31.2 Å². The summed E-state index contributed by atoms with van der Waals surface area (Å²) < 4.78 is 0. The first-order valence-electron chi connectivity index (χ1n) is 5.68. The van der Waals surface area contributed by atoms with Gasteiger partial charge < -0.3 is 10.7 Å². The van der Waals surface area contributed by atoms with Gasteiger partial charge in [0, 0.05) is 13.2 Å². The standard InChI is InChI=1S/C10H12N8O/c1-5-14-8-6(3-12-16-8)9(15-5)18-13-4-7(17-18)10(19)11-2/h3-4,8,12,16H,1-2H3,(H,11,19). The van der Waals surface area contributed by atoms with E-state index in [2.05, 4.69) is 36.4 Å². The van der Waals surface area contributed by atoms with Gasteiger partial charge in [-0.25, -0.2) is 15.4 Å². The molecule has 0 saturated heterocycles. The molecule has 1 atom stereocenters. The van der Waals surface area contributed by atoms with Crippen LogP contribution < -0.4 is 16.2 Å². The third-order valence-electron chi connectivity index (χ3n) is 2.73. The van der Waals surface area contributed by atoms with Crippen molar-refractivity contribution in [2.45, 2.75) is 13.1 Å². The summed E-state index contributed by atoms with van der Waals surface area (Å²) in [4.78, 5) is 21.4. The van der Waals surface area contributed by atoms with E-state index >= 15 is 0 Å². The molecule has 1 amide bonds. The number of rotatable bonds is 1. The molecule has 9 heteroatoms. The van der Waals surface area contributed by atoms with Crippen LogP contribution in [-0.4, -0.2) is 45.8 Å². The summed E-state index contributed by atoms with van der Waals surface area (Å²) in [6.45, 7) is 1.79. The van der Waals surface area contributed by atoms with Crippen molar-refractivity contribution in [1.29, 1.82) is 0 Å². The van der Waals surface area contributed by atoms with E-state index in [1.54, 1.807) is 20.2 Å². The number of nitrogens with one attached hydrogen (secondary N) is 3. The molecular weight excluding hydrogens is 248 g/mol. The summed E-state index contributed by atoms with van der Waals surface area (Å²) in [6, 6.07) is 0. The Balaban J connectivity index is 1.99. The third-order valence-corrected chi connectivity index (χ3v) is 2.73. The second kappa shape index (κ2) is 4.28. The first-order chi connectivity index (χ1) is 9.19. The Kier molecular flexibility index (Phi) is 2.60. The molecular formula is C10H12N8O. The van der Waals surface area contributed by atoms with Crippen molar-refractivity contribution in [3.05, 3.63) is 23.7 Å². The van der Waals surface area contributed by atoms with Crippen LogP contribution in [0.4, 0.5) is 0 Å². The van der Waals surface area contributed by atoms with E-state index in [4.69, 9.17) is 0 Å². The number of hydrazine groups is 1. The lowest BCUT2D eigenvalue weighted by Gasteiger charge is -2.16. The minimum atomic E-state index is -0.291. The number of amides is 1. The highest BCUT2D eigenvalue weighted by Gasteiger charge is 2.29. The molecule has 0 bridgehead atoms. The summed E-state index contributed by atoms with van der Waals surface area (Å²) >= 11 is 0. The lowest BCUT2D eigenvalue weighted by atomic mass is 10.2. The first-order valence-corrected chi connectivity index (χ1v) is 5.68. The first kappa shape index (κ1) is 11.5. The Labute approximate surface area is 108 Å². The number of aromatic nitrogens is 3. The van der Waals surface area contributed by atoms with Gasteiger partial charge in [-0.3, -0.25) is 4.79 Å². The van der Waals surface area contributed by atoms with Crippen LogP contribution in [0.15, 0.2) is 28.0 Å². The van der Waals surface area contributed by atoms with Crippen LogP contribution in [0.1, 0.15) is 17.4 Å². The molecule has 3 rings (SSSR count). The number of hydrogen-bond acceptors (Lipinski definition) is 7. The topological polar surface area (TPSA) is 109 Å². The van der Waals surface area contributed by atoms with Crippen LogP contribution >= 0.6 is 0 Å². The predicted octanol–water partition coefficient (Wildman–Crippen LogP) is -1.37. The van der Waals surface area contributed by atoms with Crippen LogP contribution in [0.2, 0.25) is 0 Å². The van der Waals surface area contributed by atoms with Crippen LogP contribution in [0, 0.1) is 0 Å². The zero-order chi connectivity index (χ0) is 13.4. The minimum Gasteiger partial charge on any atom is -0.354 e. The normalized spacial score (nSPS) is 20.9. The fraction of sp³-hybridized carbons (Fsp3) is 0.300. The summed E-state index contributed by atoms with van der Waals surface area (Å²) in [5.74, 6) is 0.874. The van der Waals surface area contributed by atoms with Gasteiger partial charge in [0.05, 0.1) is 11.8 Å². The number of carbonyl (C=O) groups excluding carboxylic acids is 1. The van der Waals surface area contributed by atoms with E-state index in [9.17, 15) is 4.79 Å². The van der Waals surface area contributed by atoms with Crippen LogP contribution in [0.5, 0.6) is 0 Å². The van der Waals surface area contributed by atoms with Gasteiger partial charge in [-0.05, 0) is 6.92 Å². The largest absolute Gasteiger partial charge is 0.354 e. The number of aliphatic imine (C=N–C) groups is 2. The van der Waals surface area contributed by atoms with Gasteiger partial charge in [0.2, 0.25) is 0 Å². The SMILES string of the molecule is CNC(=O)c1cnn(C2=NC(C)=NC3NNC=C23)n1. The van der Waals surface area contributed by atoms with E-state index in [1.807, 2.05) is 0 Å². The molecule has 3 heterocycles. The minimum absolute atomic E-state index is 0.207. The molecule has 0 fully saturated rings. The second-order valence-corrected chi connectivity index (χ2v) is 4.00. The van der Waals surface area contributed by atoms with Crippen molar-refractivity contribution in [2.75, 3.05) is 7.05 Å². The molecule has 1 unspecified atom stereocenters. The number of fused-ring (bicyclic) bond motifs is 1. The smallest absolute Gasteiger partial charge is 0.273 e. The average Bonchev–Trinajstić information content (AvgIpc) is 3.05. The molecule has 0 saturated carbocycles. The highest BCUT2D eigenvalue weighted by molar-refractivity contribution is 6.09. The van der Waals surface area contributed by atoms with Gasteiger partial charge in [0.15, 0.2) is 11.5 Å². The third kappa shape index (κ3) is 1.89. The lowest BCUT2D eigenvalue weighted by molar-refractivity contribution is 0.0958. The summed E-state index contributed by atoms with van der Waals surface area (Å²) in [7, 11) is 1.54. The molecule has 2 aliphatic rings. The summed E-state index contributed by atoms with van der Waals surface area (Å²) in [5.41, 5.74) is 6.91. The number of carbonyl (C=O) groups is 1. The molecule has 0 aromatic carbocycles. The predicted molar refractivity (Wildman–Crippen MR) is 67.5 cm³/mol. The molecule has 98 valence electrons. The molecule has 0 radical (unpaired) electrons. The van der Waals surface area contributed by atoms with E-state index in [-0.39, 0.29) is 17.8 Å². The van der Waals surface area contributed by atoms with E-state index in [1.165, 1.54) is 11.0 Å². The number of hydrogen-bond donors (Lipinski definition) is 3. The molecule has 1 aromatic rings. The Morgan fingerprint density at radius 2 is 2.37 bits per heavy atom. The second-order valence-electron chi connectivity index (χ2n) is 4.00. The van der Waals surface area contributed by atoms with Crippen LogP contribution in [0.3, 0.4) is 0 Å². The van der Waals surface area contributed by atoms with Crippen molar-refractivity contribution in [2.24, 2.45) is 9.98 Å². The fourth-order valence-electron chi connectivity index (χ4n) is 1.83. The van der Waals surface area contributed by atoms with Gasteiger partial charge in [-0.1, -0.05) is 0 Å². The molecule has 19 heavy (non-hydrogen) atoms. The van der Waals surface area contributed by atoms with Gasteiger partial charge >= 0.3 is 0 Å². The molecule has 2 aliphatic heterocycles. The molecule has 0 spiro atoms. The monoisotopic (exact) mass is 260 g/mol. The van der Waals surface area contributed by atoms with Crippen LogP contribution in [-0.2, 0) is 0 Å². The average molecular weight is 260 g/mol. The highest BCUT2D eigenvalue weighted by Crippen LogP contribution is 2.15. The van der Waals surface area contributed by atoms with Crippen molar-refractivity contribution in [3.8, 4) is 0 Å². The van der Waals surface area contributed by atoms with Crippen molar-refractivity contribution >= 4 is 17.6 Å². The summed E-state index contributed by atoms with van der Waals surface area (Å²) in [6.07, 6.45) is 2.94. The van der Waals surface area contributed by atoms with Gasteiger partial charge in [-0.2, -0.15) is 5.10 Å². The van der Waals surface area contributed by atoms with Crippen LogP contribution in [0.25, 0.3) is 0 Å². The number of amidine groups is 1. The summed E-state index contributed by atoms with van der Waals surface area (Å²) in [5, 5.41) is 10.7. The quantitative estimate of drug-likeness (QED) is 0.577. The van der Waals surface area contributed by atoms with Crippen molar-refractivity contribution < 1.29 is 4.79 Å². The highest BCUT2D eigenvalue weighted by atomic mass is 16.1. The maximum Gasteiger partial charge on any atom is 0.273 e. The molecule has 9 nitrogen and oxygen atoms in total. The number of nitrogens with zero attached hydrogens (tertiary/aromatic N) is 5. The van der Waals surface area contributed by atoms with E-state index in [0.717, 1.165) is 5.57 Å². The zero-order valence-corrected chi connectivity index (χ0v) is 10.4. The molecule has 0 aliphatic carbocycles. The van der Waals surface area contributed by atoms with Crippen molar-refractivity contribution in [3.63, 3.8) is 0 Å². The Bertz CT molecular complexity index is 625. The van der Waals surface area contributed by atoms with E-state index in [0.29, 0.717) is 11.7 Å². The Morgan fingerprint density at radius 1 is 1.53 bits per heavy atom.